The van der Waals surface area contributed by atoms with Crippen LogP contribution in [0.5, 0.6) is 0 Å². The lowest BCUT2D eigenvalue weighted by Crippen LogP contribution is -2.26. The Labute approximate surface area is 125 Å². The molecule has 2 rings (SSSR count). The van der Waals surface area contributed by atoms with Crippen LogP contribution >= 0.6 is 11.3 Å². The number of rotatable bonds is 6. The van der Waals surface area contributed by atoms with Gasteiger partial charge in [0.15, 0.2) is 0 Å². The van der Waals surface area contributed by atoms with E-state index in [0.717, 1.165) is 17.2 Å². The summed E-state index contributed by atoms with van der Waals surface area (Å²) in [6.45, 7) is 7.88. The van der Waals surface area contributed by atoms with Gasteiger partial charge in [0.25, 0.3) is 0 Å². The van der Waals surface area contributed by atoms with E-state index in [0.29, 0.717) is 6.61 Å². The van der Waals surface area contributed by atoms with Crippen LogP contribution in [0.4, 0.5) is 0 Å². The molecule has 1 atom stereocenters. The van der Waals surface area contributed by atoms with Crippen LogP contribution in [0, 0.1) is 20.8 Å². The third kappa shape index (κ3) is 3.45. The monoisotopic (exact) mass is 290 g/mol. The van der Waals surface area contributed by atoms with Crippen LogP contribution in [0.15, 0.2) is 23.6 Å². The van der Waals surface area contributed by atoms with Crippen molar-refractivity contribution in [2.45, 2.75) is 26.8 Å². The van der Waals surface area contributed by atoms with Gasteiger partial charge in [-0.15, -0.1) is 11.3 Å². The Balaban J connectivity index is 2.32. The van der Waals surface area contributed by atoms with E-state index in [-0.39, 0.29) is 6.04 Å². The first-order valence-corrected chi connectivity index (χ1v) is 7.72. The van der Waals surface area contributed by atoms with Gasteiger partial charge in [-0.05, 0) is 37.5 Å². The molecule has 1 aromatic heterocycles. The quantitative estimate of drug-likeness (QED) is 0.828. The minimum absolute atomic E-state index is 0.142. The first kappa shape index (κ1) is 15.2. The average molecular weight is 290 g/mol. The lowest BCUT2D eigenvalue weighted by molar-refractivity contribution is 0.197. The lowest BCUT2D eigenvalue weighted by atomic mass is 9.97. The minimum Gasteiger partial charge on any atom is -0.383 e. The predicted octanol–water partition coefficient (Wildman–Crippen LogP) is 3.39. The number of benzene rings is 1. The number of hydrogen-bond donors (Lipinski definition) is 1. The van der Waals surface area contributed by atoms with Crippen LogP contribution < -0.4 is 5.32 Å². The molecule has 1 unspecified atom stereocenters. The fourth-order valence-electron chi connectivity index (χ4n) is 2.23. The number of ether oxygens (including phenoxy) is 1. The number of thiazole rings is 1. The number of aryl methyl sites for hydroxylation is 2. The summed E-state index contributed by atoms with van der Waals surface area (Å²) in [6.07, 6.45) is 0. The second-order valence-electron chi connectivity index (χ2n) is 5.00. The summed E-state index contributed by atoms with van der Waals surface area (Å²) < 4.78 is 5.14. The van der Waals surface area contributed by atoms with Gasteiger partial charge in [-0.3, -0.25) is 0 Å². The molecule has 1 heterocycles. The standard InChI is InChI=1S/C16H22N2OS/c1-11-6-5-7-14(13(11)3)15(17-8-9-19-4)16-18-12(2)10-20-16/h5-7,10,15,17H,8-9H2,1-4H3. The molecule has 20 heavy (non-hydrogen) atoms. The Morgan fingerprint density at radius 2 is 2.10 bits per heavy atom. The van der Waals surface area contributed by atoms with Gasteiger partial charge in [-0.2, -0.15) is 0 Å². The number of methoxy groups -OCH3 is 1. The van der Waals surface area contributed by atoms with Crippen molar-refractivity contribution in [3.05, 3.63) is 51.0 Å². The Kier molecular flexibility index (Phi) is 5.29. The van der Waals surface area contributed by atoms with Crippen LogP contribution in [0.25, 0.3) is 0 Å². The molecule has 1 N–H and O–H groups in total. The molecule has 0 radical (unpaired) electrons. The zero-order valence-electron chi connectivity index (χ0n) is 12.6. The van der Waals surface area contributed by atoms with Crippen LogP contribution in [0.3, 0.4) is 0 Å². The van der Waals surface area contributed by atoms with Crippen molar-refractivity contribution in [1.29, 1.82) is 0 Å². The fraction of sp³-hybridized carbons (Fsp3) is 0.438. The normalized spacial score (nSPS) is 12.6. The minimum atomic E-state index is 0.142. The molecule has 3 nitrogen and oxygen atoms in total. The van der Waals surface area contributed by atoms with Gasteiger partial charge in [0.1, 0.15) is 5.01 Å². The molecule has 0 saturated heterocycles. The molecule has 0 fully saturated rings. The molecule has 0 aliphatic carbocycles. The second-order valence-corrected chi connectivity index (χ2v) is 5.89. The Morgan fingerprint density at radius 1 is 1.30 bits per heavy atom. The highest BCUT2D eigenvalue weighted by molar-refractivity contribution is 7.09. The second kappa shape index (κ2) is 6.97. The van der Waals surface area contributed by atoms with Gasteiger partial charge in [0.2, 0.25) is 0 Å². The smallest absolute Gasteiger partial charge is 0.114 e. The summed E-state index contributed by atoms with van der Waals surface area (Å²) in [6, 6.07) is 6.59. The highest BCUT2D eigenvalue weighted by atomic mass is 32.1. The molecule has 1 aromatic carbocycles. The Hall–Kier alpha value is -1.23. The molecular weight excluding hydrogens is 268 g/mol. The van der Waals surface area contributed by atoms with Crippen molar-refractivity contribution >= 4 is 11.3 Å². The topological polar surface area (TPSA) is 34.1 Å². The average Bonchev–Trinajstić information content (AvgIpc) is 2.85. The highest BCUT2D eigenvalue weighted by Gasteiger charge is 2.19. The zero-order valence-corrected chi connectivity index (χ0v) is 13.4. The highest BCUT2D eigenvalue weighted by Crippen LogP contribution is 2.28. The van der Waals surface area contributed by atoms with Crippen molar-refractivity contribution in [3.63, 3.8) is 0 Å². The van der Waals surface area contributed by atoms with Crippen LogP contribution in [0.1, 0.15) is 33.4 Å². The third-order valence-electron chi connectivity index (χ3n) is 3.50. The molecule has 2 aromatic rings. The molecular formula is C16H22N2OS. The maximum atomic E-state index is 5.14. The number of nitrogens with zero attached hydrogens (tertiary/aromatic N) is 1. The van der Waals surface area contributed by atoms with Gasteiger partial charge in [0.05, 0.1) is 12.6 Å². The summed E-state index contributed by atoms with van der Waals surface area (Å²) in [7, 11) is 1.72. The predicted molar refractivity (Wildman–Crippen MR) is 84.5 cm³/mol. The first-order valence-electron chi connectivity index (χ1n) is 6.84. The maximum Gasteiger partial charge on any atom is 0.114 e. The Bertz CT molecular complexity index is 565. The largest absolute Gasteiger partial charge is 0.383 e. The van der Waals surface area contributed by atoms with E-state index >= 15 is 0 Å². The van der Waals surface area contributed by atoms with Crippen molar-refractivity contribution in [1.82, 2.24) is 10.3 Å². The van der Waals surface area contributed by atoms with Crippen molar-refractivity contribution in [2.75, 3.05) is 20.3 Å². The molecule has 0 aliphatic heterocycles. The van der Waals surface area contributed by atoms with Gasteiger partial charge in [-0.1, -0.05) is 18.2 Å². The maximum absolute atomic E-state index is 5.14. The van der Waals surface area contributed by atoms with E-state index in [1.54, 1.807) is 18.4 Å². The summed E-state index contributed by atoms with van der Waals surface area (Å²) in [5, 5.41) is 6.78. The van der Waals surface area contributed by atoms with E-state index in [9.17, 15) is 0 Å². The molecule has 0 saturated carbocycles. The SMILES string of the molecule is COCCNC(c1nc(C)cs1)c1cccc(C)c1C. The fourth-order valence-corrected chi connectivity index (χ4v) is 3.11. The number of aromatic nitrogens is 1. The van der Waals surface area contributed by atoms with Crippen LogP contribution in [-0.4, -0.2) is 25.2 Å². The first-order chi connectivity index (χ1) is 9.63. The van der Waals surface area contributed by atoms with Gasteiger partial charge >= 0.3 is 0 Å². The van der Waals surface area contributed by atoms with E-state index in [1.807, 2.05) is 6.92 Å². The Morgan fingerprint density at radius 3 is 2.75 bits per heavy atom. The van der Waals surface area contributed by atoms with Crippen molar-refractivity contribution in [2.24, 2.45) is 0 Å². The van der Waals surface area contributed by atoms with Crippen LogP contribution in [-0.2, 0) is 4.74 Å². The van der Waals surface area contributed by atoms with Crippen molar-refractivity contribution < 1.29 is 4.74 Å². The summed E-state index contributed by atoms with van der Waals surface area (Å²) in [5.74, 6) is 0. The van der Waals surface area contributed by atoms with E-state index in [1.165, 1.54) is 16.7 Å². The van der Waals surface area contributed by atoms with E-state index < -0.39 is 0 Å². The van der Waals surface area contributed by atoms with Gasteiger partial charge in [-0.25, -0.2) is 4.98 Å². The van der Waals surface area contributed by atoms with E-state index in [4.69, 9.17) is 4.74 Å². The van der Waals surface area contributed by atoms with Crippen molar-refractivity contribution in [3.8, 4) is 0 Å². The molecule has 0 aliphatic rings. The van der Waals surface area contributed by atoms with Gasteiger partial charge < -0.3 is 10.1 Å². The van der Waals surface area contributed by atoms with E-state index in [2.05, 4.69) is 47.7 Å². The van der Waals surface area contributed by atoms with Gasteiger partial charge in [0, 0.05) is 24.7 Å². The zero-order chi connectivity index (χ0) is 14.5. The summed E-state index contributed by atoms with van der Waals surface area (Å²) in [5.41, 5.74) is 5.02. The summed E-state index contributed by atoms with van der Waals surface area (Å²) in [4.78, 5) is 4.65. The molecule has 0 bridgehead atoms. The third-order valence-corrected chi connectivity index (χ3v) is 4.52. The van der Waals surface area contributed by atoms with Crippen LogP contribution in [0.2, 0.25) is 0 Å². The summed E-state index contributed by atoms with van der Waals surface area (Å²) >= 11 is 1.71. The molecule has 0 amide bonds. The molecule has 4 heteroatoms. The number of hydrogen-bond acceptors (Lipinski definition) is 4. The molecule has 0 spiro atoms. The molecule has 108 valence electrons. The number of nitrogens with one attached hydrogen (secondary N) is 1. The lowest BCUT2D eigenvalue weighted by Gasteiger charge is -2.20.